The number of likely N-dealkylation sites (N-methyl/N-ethyl adjacent to an activating group) is 1. The van der Waals surface area contributed by atoms with Crippen molar-refractivity contribution in [3.05, 3.63) is 65.7 Å². The molecule has 6 atom stereocenters. The van der Waals surface area contributed by atoms with Crippen LogP contribution in [0.15, 0.2) is 54.6 Å². The van der Waals surface area contributed by atoms with E-state index in [1.54, 1.807) is 38.5 Å². The summed E-state index contributed by atoms with van der Waals surface area (Å²) in [6, 6.07) is 12.2. The first kappa shape index (κ1) is 27.6. The van der Waals surface area contributed by atoms with Gasteiger partial charge in [0.2, 0.25) is 0 Å². The van der Waals surface area contributed by atoms with Gasteiger partial charge in [-0.1, -0.05) is 25.1 Å². The maximum absolute atomic E-state index is 13.3. The molecule has 0 bridgehead atoms. The van der Waals surface area contributed by atoms with Gasteiger partial charge >= 0.3 is 11.9 Å². The van der Waals surface area contributed by atoms with Crippen molar-refractivity contribution in [2.45, 2.75) is 55.9 Å². The van der Waals surface area contributed by atoms with Crippen LogP contribution >= 0.6 is 0 Å². The van der Waals surface area contributed by atoms with E-state index in [0.717, 1.165) is 36.5 Å². The van der Waals surface area contributed by atoms with E-state index in [2.05, 4.69) is 34.9 Å². The summed E-state index contributed by atoms with van der Waals surface area (Å²) in [5.74, 6) is 0.280. The number of carbonyl (C=O) groups is 2. The number of methoxy groups -OCH3 is 2. The van der Waals surface area contributed by atoms with E-state index in [4.69, 9.17) is 18.9 Å². The van der Waals surface area contributed by atoms with E-state index in [0.29, 0.717) is 17.7 Å². The Labute approximate surface area is 240 Å². The van der Waals surface area contributed by atoms with Crippen molar-refractivity contribution < 1.29 is 33.6 Å². The Balaban J connectivity index is 1.51. The Kier molecular flexibility index (Phi) is 6.58. The lowest BCUT2D eigenvalue weighted by Gasteiger charge is -2.64. The van der Waals surface area contributed by atoms with Crippen LogP contribution < -0.4 is 14.4 Å². The lowest BCUT2D eigenvalue weighted by atomic mass is 9.48. The third-order valence-electron chi connectivity index (χ3n) is 9.98. The first-order valence-corrected chi connectivity index (χ1v) is 14.2. The summed E-state index contributed by atoms with van der Waals surface area (Å²) in [5.41, 5.74) is -0.523. The number of hydrogen-bond acceptors (Lipinski definition) is 9. The van der Waals surface area contributed by atoms with E-state index in [-0.39, 0.29) is 12.6 Å². The molecule has 3 aliphatic heterocycles. The molecule has 1 spiro atoms. The lowest BCUT2D eigenvalue weighted by molar-refractivity contribution is -0.228. The Hall–Kier alpha value is -3.56. The zero-order chi connectivity index (χ0) is 29.2. The Morgan fingerprint density at radius 1 is 1.05 bits per heavy atom. The maximum atomic E-state index is 13.3. The van der Waals surface area contributed by atoms with Crippen molar-refractivity contribution in [1.82, 2.24) is 4.90 Å². The molecule has 0 amide bonds. The first-order valence-electron chi connectivity index (χ1n) is 14.2. The summed E-state index contributed by atoms with van der Waals surface area (Å²) < 4.78 is 22.8. The summed E-state index contributed by atoms with van der Waals surface area (Å²) >= 11 is 0. The van der Waals surface area contributed by atoms with Gasteiger partial charge in [0.15, 0.2) is 5.60 Å². The maximum Gasteiger partial charge on any atom is 0.338 e. The second kappa shape index (κ2) is 9.77. The number of anilines is 1. The van der Waals surface area contributed by atoms with Crippen LogP contribution in [0, 0.1) is 5.41 Å². The van der Waals surface area contributed by atoms with Gasteiger partial charge in [-0.3, -0.25) is 9.69 Å². The Morgan fingerprint density at radius 3 is 2.41 bits per heavy atom. The molecule has 2 aromatic rings. The van der Waals surface area contributed by atoms with E-state index >= 15 is 0 Å². The van der Waals surface area contributed by atoms with Crippen molar-refractivity contribution in [3.8, 4) is 11.5 Å². The number of benzene rings is 2. The molecule has 2 fully saturated rings. The first-order chi connectivity index (χ1) is 19.7. The number of hydrogen-bond donors (Lipinski definition) is 1. The molecule has 2 aromatic carbocycles. The third kappa shape index (κ3) is 3.74. The van der Waals surface area contributed by atoms with Crippen LogP contribution in [0.1, 0.15) is 42.6 Å². The summed E-state index contributed by atoms with van der Waals surface area (Å²) in [5, 5.41) is 13.0. The van der Waals surface area contributed by atoms with Crippen molar-refractivity contribution >= 4 is 17.6 Å². The van der Waals surface area contributed by atoms with Gasteiger partial charge in [-0.15, -0.1) is 0 Å². The fourth-order valence-corrected chi connectivity index (χ4v) is 8.60. The molecule has 0 aromatic heterocycles. The molecular formula is C32H38N2O7. The van der Waals surface area contributed by atoms with E-state index in [1.165, 1.54) is 6.92 Å². The van der Waals surface area contributed by atoms with E-state index < -0.39 is 40.5 Å². The highest BCUT2D eigenvalue weighted by atomic mass is 16.6. The van der Waals surface area contributed by atoms with Gasteiger partial charge in [0, 0.05) is 49.1 Å². The largest absolute Gasteiger partial charge is 0.497 e. The van der Waals surface area contributed by atoms with E-state index in [9.17, 15) is 14.7 Å². The molecule has 9 nitrogen and oxygen atoms in total. The zero-order valence-electron chi connectivity index (χ0n) is 24.3. The fourth-order valence-electron chi connectivity index (χ4n) is 8.60. The molecule has 1 aliphatic carbocycles. The van der Waals surface area contributed by atoms with E-state index in [1.807, 2.05) is 19.2 Å². The standard InChI is InChI=1S/C32H38N2O7/c1-6-30-14-7-16-34-17-15-31(27(30)34)24-13-12-23(39-5)18-25(24)33(3)28(31)32(37,29(30)41-20(2)35)19-40-26(36)21-8-10-22(38-4)11-9-21/h7-14,18,27-29,37H,6,15-17,19H2,1-5H3/t27-,28+,29+,30+,31+,32-/m0/s1. The zero-order valence-corrected chi connectivity index (χ0v) is 24.3. The molecular weight excluding hydrogens is 524 g/mol. The van der Waals surface area contributed by atoms with Gasteiger partial charge in [0.1, 0.15) is 24.2 Å². The van der Waals surface area contributed by atoms with Crippen LogP contribution in [-0.4, -0.2) is 86.7 Å². The molecule has 41 heavy (non-hydrogen) atoms. The molecule has 0 radical (unpaired) electrons. The molecule has 218 valence electrons. The van der Waals surface area contributed by atoms with Gasteiger partial charge in [0.05, 0.1) is 25.8 Å². The highest BCUT2D eigenvalue weighted by Gasteiger charge is 2.78. The average molecular weight is 563 g/mol. The number of ether oxygens (including phenoxy) is 4. The van der Waals surface area contributed by atoms with Crippen LogP contribution in [0.2, 0.25) is 0 Å². The third-order valence-corrected chi connectivity index (χ3v) is 9.98. The van der Waals surface area contributed by atoms with Crippen LogP contribution in [0.3, 0.4) is 0 Å². The van der Waals surface area contributed by atoms with Gasteiger partial charge in [-0.05, 0) is 55.3 Å². The van der Waals surface area contributed by atoms with Gasteiger partial charge in [-0.2, -0.15) is 0 Å². The summed E-state index contributed by atoms with van der Waals surface area (Å²) in [6.45, 7) is 4.72. The SMILES string of the molecule is CC[C@]12C=CCN3CC[C@@]4(c5ccc(OC)cc5N(C)[C@H]4[C@@](O)(COC(=O)c4ccc(OC)cc4)[C@@H]1OC(C)=O)[C@@H]32. The van der Waals surface area contributed by atoms with Crippen LogP contribution in [0.25, 0.3) is 0 Å². The second-order valence-corrected chi connectivity index (χ2v) is 11.7. The highest BCUT2D eigenvalue weighted by Crippen LogP contribution is 2.67. The monoisotopic (exact) mass is 562 g/mol. The molecule has 0 unspecified atom stereocenters. The van der Waals surface area contributed by atoms with Crippen molar-refractivity contribution in [1.29, 1.82) is 0 Å². The lowest BCUT2D eigenvalue weighted by Crippen LogP contribution is -2.80. The van der Waals surface area contributed by atoms with Crippen LogP contribution in [0.5, 0.6) is 11.5 Å². The fraction of sp³-hybridized carbons (Fsp3) is 0.500. The van der Waals surface area contributed by atoms with Crippen molar-refractivity contribution in [2.75, 3.05) is 45.9 Å². The molecule has 1 saturated heterocycles. The minimum absolute atomic E-state index is 0.0333. The van der Waals surface area contributed by atoms with Gasteiger partial charge in [-0.25, -0.2) is 4.79 Å². The minimum Gasteiger partial charge on any atom is -0.497 e. The number of carbonyl (C=O) groups excluding carboxylic acids is 2. The number of esters is 2. The molecule has 1 saturated carbocycles. The number of nitrogens with zero attached hydrogens (tertiary/aromatic N) is 2. The molecule has 3 heterocycles. The average Bonchev–Trinajstić information content (AvgIpc) is 3.50. The summed E-state index contributed by atoms with van der Waals surface area (Å²) in [4.78, 5) is 30.5. The van der Waals surface area contributed by atoms with Crippen molar-refractivity contribution in [3.63, 3.8) is 0 Å². The smallest absolute Gasteiger partial charge is 0.338 e. The summed E-state index contributed by atoms with van der Waals surface area (Å²) in [7, 11) is 5.15. The van der Waals surface area contributed by atoms with Crippen LogP contribution in [0.4, 0.5) is 5.69 Å². The quantitative estimate of drug-likeness (QED) is 0.403. The number of aliphatic hydroxyl groups is 1. The molecule has 1 N–H and O–H groups in total. The Morgan fingerprint density at radius 2 is 1.76 bits per heavy atom. The summed E-state index contributed by atoms with van der Waals surface area (Å²) in [6.07, 6.45) is 4.73. The minimum atomic E-state index is -1.74. The van der Waals surface area contributed by atoms with Crippen molar-refractivity contribution in [2.24, 2.45) is 5.41 Å². The predicted octanol–water partition coefficient (Wildman–Crippen LogP) is 3.33. The van der Waals surface area contributed by atoms with Crippen LogP contribution in [-0.2, 0) is 19.7 Å². The number of fused-ring (bicyclic) bond motifs is 1. The second-order valence-electron chi connectivity index (χ2n) is 11.7. The topological polar surface area (TPSA) is 97.8 Å². The molecule has 4 aliphatic rings. The highest BCUT2D eigenvalue weighted by molar-refractivity contribution is 5.89. The predicted molar refractivity (Wildman–Crippen MR) is 152 cm³/mol. The molecule has 9 heteroatoms. The normalized spacial score (nSPS) is 33.0. The molecule has 6 rings (SSSR count). The number of rotatable bonds is 7. The van der Waals surface area contributed by atoms with Gasteiger partial charge in [0.25, 0.3) is 0 Å². The van der Waals surface area contributed by atoms with Gasteiger partial charge < -0.3 is 29.0 Å². The Bertz CT molecular complexity index is 1390.